The lowest BCUT2D eigenvalue weighted by Crippen LogP contribution is -2.48. The van der Waals surface area contributed by atoms with E-state index in [4.69, 9.17) is 0 Å². The van der Waals surface area contributed by atoms with E-state index in [0.29, 0.717) is 11.7 Å². The topological polar surface area (TPSA) is 20.3 Å². The molecule has 70 valence electrons. The van der Waals surface area contributed by atoms with Crippen LogP contribution in [0.5, 0.6) is 0 Å². The van der Waals surface area contributed by atoms with Gasteiger partial charge in [-0.15, -0.1) is 0 Å². The van der Waals surface area contributed by atoms with Gasteiger partial charge in [-0.05, 0) is 12.5 Å². The minimum atomic E-state index is 0.158. The number of nitrogens with zero attached hydrogens (tertiary/aromatic N) is 1. The minimum absolute atomic E-state index is 0.158. The monoisotopic (exact) mass is 169 g/mol. The molecule has 0 amide bonds. The van der Waals surface area contributed by atoms with Gasteiger partial charge < -0.3 is 4.90 Å². The fourth-order valence-electron chi connectivity index (χ4n) is 1.57. The Bertz CT molecular complexity index is 175. The summed E-state index contributed by atoms with van der Waals surface area (Å²) in [7, 11) is 2.06. The van der Waals surface area contributed by atoms with Gasteiger partial charge in [0.1, 0.15) is 5.78 Å². The fraction of sp³-hybridized carbons (Fsp3) is 0.900. The van der Waals surface area contributed by atoms with Crippen LogP contribution < -0.4 is 0 Å². The molecule has 0 aliphatic carbocycles. The van der Waals surface area contributed by atoms with Gasteiger partial charge in [-0.2, -0.15) is 0 Å². The lowest BCUT2D eigenvalue weighted by atomic mass is 9.83. The molecule has 12 heavy (non-hydrogen) atoms. The first kappa shape index (κ1) is 9.72. The van der Waals surface area contributed by atoms with Gasteiger partial charge in [0.25, 0.3) is 0 Å². The summed E-state index contributed by atoms with van der Waals surface area (Å²) in [5.74, 6) is 0.773. The van der Waals surface area contributed by atoms with Crippen LogP contribution in [0.3, 0.4) is 0 Å². The summed E-state index contributed by atoms with van der Waals surface area (Å²) >= 11 is 0. The van der Waals surface area contributed by atoms with Crippen molar-refractivity contribution >= 4 is 5.78 Å². The predicted molar refractivity (Wildman–Crippen MR) is 50.1 cm³/mol. The molecule has 0 bridgehead atoms. The standard InChI is InChI=1S/C10H19NO/c1-10(2,3)5-9(12)8-6-11(4)7-8/h8H,5-7H2,1-4H3. The molecule has 1 aliphatic rings. The van der Waals surface area contributed by atoms with E-state index in [1.54, 1.807) is 0 Å². The molecule has 0 aromatic heterocycles. The summed E-state index contributed by atoms with van der Waals surface area (Å²) in [5.41, 5.74) is 0.158. The van der Waals surface area contributed by atoms with Gasteiger partial charge in [0.05, 0.1) is 0 Å². The van der Waals surface area contributed by atoms with E-state index < -0.39 is 0 Å². The second kappa shape index (κ2) is 3.17. The molecule has 0 atom stereocenters. The highest BCUT2D eigenvalue weighted by molar-refractivity contribution is 5.82. The second-order valence-electron chi connectivity index (χ2n) is 5.12. The van der Waals surface area contributed by atoms with Crippen molar-refractivity contribution in [1.29, 1.82) is 0 Å². The maximum Gasteiger partial charge on any atom is 0.139 e. The van der Waals surface area contributed by atoms with Gasteiger partial charge in [0.15, 0.2) is 0 Å². The largest absolute Gasteiger partial charge is 0.305 e. The maximum atomic E-state index is 11.6. The number of ketones is 1. The molecule has 0 saturated carbocycles. The van der Waals surface area contributed by atoms with Crippen molar-refractivity contribution < 1.29 is 4.79 Å². The summed E-state index contributed by atoms with van der Waals surface area (Å²) in [6.07, 6.45) is 0.728. The van der Waals surface area contributed by atoms with E-state index >= 15 is 0 Å². The Hall–Kier alpha value is -0.370. The highest BCUT2D eigenvalue weighted by Gasteiger charge is 2.31. The van der Waals surface area contributed by atoms with E-state index in [0.717, 1.165) is 19.5 Å². The van der Waals surface area contributed by atoms with Crippen LogP contribution in [-0.4, -0.2) is 30.8 Å². The zero-order chi connectivity index (χ0) is 9.35. The van der Waals surface area contributed by atoms with Crippen LogP contribution >= 0.6 is 0 Å². The van der Waals surface area contributed by atoms with Crippen LogP contribution in [0.1, 0.15) is 27.2 Å². The molecular weight excluding hydrogens is 150 g/mol. The van der Waals surface area contributed by atoms with Crippen molar-refractivity contribution in [1.82, 2.24) is 4.90 Å². The zero-order valence-electron chi connectivity index (χ0n) is 8.55. The third-order valence-corrected chi connectivity index (χ3v) is 2.22. The molecule has 0 aromatic carbocycles. The normalized spacial score (nSPS) is 20.7. The molecule has 1 fully saturated rings. The Balaban J connectivity index is 2.30. The van der Waals surface area contributed by atoms with Gasteiger partial charge in [-0.25, -0.2) is 0 Å². The van der Waals surface area contributed by atoms with Crippen molar-refractivity contribution in [2.24, 2.45) is 11.3 Å². The van der Waals surface area contributed by atoms with E-state index in [1.165, 1.54) is 0 Å². The molecule has 2 nitrogen and oxygen atoms in total. The smallest absolute Gasteiger partial charge is 0.139 e. The number of carbonyl (C=O) groups is 1. The van der Waals surface area contributed by atoms with Gasteiger partial charge in [0, 0.05) is 25.4 Å². The average Bonchev–Trinajstić information content (AvgIpc) is 1.76. The first-order valence-electron chi connectivity index (χ1n) is 4.60. The van der Waals surface area contributed by atoms with E-state index in [2.05, 4.69) is 32.7 Å². The molecular formula is C10H19NO. The van der Waals surface area contributed by atoms with Crippen molar-refractivity contribution in [3.8, 4) is 0 Å². The number of Topliss-reactive ketones (excluding diaryl/α,β-unsaturated/α-hetero) is 1. The quantitative estimate of drug-likeness (QED) is 0.625. The van der Waals surface area contributed by atoms with Crippen LogP contribution in [0, 0.1) is 11.3 Å². The first-order valence-corrected chi connectivity index (χ1v) is 4.60. The van der Waals surface area contributed by atoms with Crippen molar-refractivity contribution in [2.45, 2.75) is 27.2 Å². The van der Waals surface area contributed by atoms with Gasteiger partial charge >= 0.3 is 0 Å². The van der Waals surface area contributed by atoms with Gasteiger partial charge in [-0.1, -0.05) is 20.8 Å². The van der Waals surface area contributed by atoms with Gasteiger partial charge in [-0.3, -0.25) is 4.79 Å². The van der Waals surface area contributed by atoms with Crippen LogP contribution in [0.2, 0.25) is 0 Å². The Morgan fingerprint density at radius 1 is 1.42 bits per heavy atom. The third kappa shape index (κ3) is 2.59. The zero-order valence-corrected chi connectivity index (χ0v) is 8.55. The van der Waals surface area contributed by atoms with Crippen molar-refractivity contribution in [3.63, 3.8) is 0 Å². The molecule has 0 unspecified atom stereocenters. The highest BCUT2D eigenvalue weighted by atomic mass is 16.1. The molecule has 0 aromatic rings. The van der Waals surface area contributed by atoms with Crippen LogP contribution in [0.4, 0.5) is 0 Å². The maximum absolute atomic E-state index is 11.6. The van der Waals surface area contributed by atoms with Crippen LogP contribution in [0.25, 0.3) is 0 Å². The lowest BCUT2D eigenvalue weighted by molar-refractivity contribution is -0.129. The van der Waals surface area contributed by atoms with Crippen LogP contribution in [-0.2, 0) is 4.79 Å². The number of hydrogen-bond acceptors (Lipinski definition) is 2. The first-order chi connectivity index (χ1) is 5.38. The Morgan fingerprint density at radius 2 is 1.92 bits per heavy atom. The summed E-state index contributed by atoms with van der Waals surface area (Å²) in [6, 6.07) is 0. The molecule has 0 spiro atoms. The molecule has 1 heterocycles. The minimum Gasteiger partial charge on any atom is -0.305 e. The molecule has 0 radical (unpaired) electrons. The molecule has 1 rings (SSSR count). The molecule has 0 N–H and O–H groups in total. The summed E-state index contributed by atoms with van der Waals surface area (Å²) in [6.45, 7) is 8.29. The molecule has 2 heteroatoms. The number of rotatable bonds is 2. The van der Waals surface area contributed by atoms with Gasteiger partial charge in [0.2, 0.25) is 0 Å². The van der Waals surface area contributed by atoms with Crippen LogP contribution in [0.15, 0.2) is 0 Å². The lowest BCUT2D eigenvalue weighted by Gasteiger charge is -2.36. The second-order valence-corrected chi connectivity index (χ2v) is 5.12. The summed E-state index contributed by atoms with van der Waals surface area (Å²) in [5, 5.41) is 0. The molecule has 1 aliphatic heterocycles. The van der Waals surface area contributed by atoms with Crippen molar-refractivity contribution in [3.05, 3.63) is 0 Å². The average molecular weight is 169 g/mol. The Kier molecular flexibility index (Phi) is 2.57. The van der Waals surface area contributed by atoms with E-state index in [-0.39, 0.29) is 5.41 Å². The predicted octanol–water partition coefficient (Wildman–Crippen LogP) is 1.55. The van der Waals surface area contributed by atoms with Crippen molar-refractivity contribution in [2.75, 3.05) is 20.1 Å². The number of hydrogen-bond donors (Lipinski definition) is 0. The summed E-state index contributed by atoms with van der Waals surface area (Å²) < 4.78 is 0. The number of carbonyl (C=O) groups excluding carboxylic acids is 1. The Labute approximate surface area is 74.9 Å². The number of likely N-dealkylation sites (tertiary alicyclic amines) is 1. The Morgan fingerprint density at radius 3 is 2.25 bits per heavy atom. The van der Waals surface area contributed by atoms with E-state index in [1.807, 2.05) is 0 Å². The highest BCUT2D eigenvalue weighted by Crippen LogP contribution is 2.24. The van der Waals surface area contributed by atoms with E-state index in [9.17, 15) is 4.79 Å². The third-order valence-electron chi connectivity index (χ3n) is 2.22. The molecule has 1 saturated heterocycles. The SMILES string of the molecule is CN1CC(C(=O)CC(C)(C)C)C1. The summed E-state index contributed by atoms with van der Waals surface area (Å²) in [4.78, 5) is 13.7. The fourth-order valence-corrected chi connectivity index (χ4v) is 1.57.